The van der Waals surface area contributed by atoms with Crippen molar-refractivity contribution < 1.29 is 19.1 Å². The fourth-order valence-electron chi connectivity index (χ4n) is 2.19. The smallest absolute Gasteiger partial charge is 0.329 e. The Morgan fingerprint density at radius 1 is 1.07 bits per heavy atom. The predicted molar refractivity (Wildman–Crippen MR) is 104 cm³/mol. The number of aryl methyl sites for hydroxylation is 1. The summed E-state index contributed by atoms with van der Waals surface area (Å²) in [6.45, 7) is 5.72. The summed E-state index contributed by atoms with van der Waals surface area (Å²) in [7, 11) is 1.54. The van der Waals surface area contributed by atoms with E-state index in [1.54, 1.807) is 37.4 Å². The maximum atomic E-state index is 11.9. The maximum absolute atomic E-state index is 11.9. The van der Waals surface area contributed by atoms with Crippen LogP contribution in [0.3, 0.4) is 0 Å². The number of carbonyl (C=O) groups is 2. The van der Waals surface area contributed by atoms with E-state index in [-0.39, 0.29) is 6.10 Å². The molecule has 2 rings (SSSR count). The Balaban J connectivity index is 2.02. The molecule has 2 aromatic carbocycles. The van der Waals surface area contributed by atoms with Crippen LogP contribution in [0.25, 0.3) is 0 Å². The zero-order chi connectivity index (χ0) is 19.8. The molecule has 2 aromatic rings. The van der Waals surface area contributed by atoms with E-state index in [4.69, 9.17) is 9.47 Å². The molecule has 0 aromatic heterocycles. The molecule has 0 heterocycles. The molecule has 2 N–H and O–H groups in total. The van der Waals surface area contributed by atoms with Gasteiger partial charge in [0.25, 0.3) is 0 Å². The number of methoxy groups -OCH3 is 1. The highest BCUT2D eigenvalue weighted by Crippen LogP contribution is 2.30. The van der Waals surface area contributed by atoms with E-state index in [1.165, 1.54) is 6.21 Å². The number of nitrogens with zero attached hydrogens (tertiary/aromatic N) is 1. The van der Waals surface area contributed by atoms with Gasteiger partial charge in [0.1, 0.15) is 0 Å². The summed E-state index contributed by atoms with van der Waals surface area (Å²) in [6.07, 6.45) is 1.33. The van der Waals surface area contributed by atoms with Crippen molar-refractivity contribution in [1.82, 2.24) is 5.43 Å². The lowest BCUT2D eigenvalue weighted by Gasteiger charge is -2.15. The number of hydrogen-bond acceptors (Lipinski definition) is 5. The van der Waals surface area contributed by atoms with Gasteiger partial charge in [-0.25, -0.2) is 5.43 Å². The molecule has 0 aliphatic heterocycles. The van der Waals surface area contributed by atoms with E-state index in [9.17, 15) is 9.59 Å². The molecule has 7 nitrogen and oxygen atoms in total. The van der Waals surface area contributed by atoms with Crippen molar-refractivity contribution >= 4 is 23.7 Å². The molecular formula is C20H23N3O4. The molecule has 0 unspecified atom stereocenters. The van der Waals surface area contributed by atoms with Crippen LogP contribution < -0.4 is 20.2 Å². The van der Waals surface area contributed by atoms with Gasteiger partial charge < -0.3 is 14.8 Å². The lowest BCUT2D eigenvalue weighted by molar-refractivity contribution is -0.136. The Hall–Kier alpha value is -3.35. The number of rotatable bonds is 6. The standard InChI is InChI=1S/C20H23N3O4/c1-13(2)27-18-15(6-5-7-17(18)26-4)12-21-23-20(25)19(24)22-16-10-8-14(3)9-11-16/h5-13H,1-4H3,(H,22,24)(H,23,25)/b21-12-. The van der Waals surface area contributed by atoms with Crippen LogP contribution in [-0.2, 0) is 9.59 Å². The van der Waals surface area contributed by atoms with Crippen molar-refractivity contribution in [1.29, 1.82) is 0 Å². The second-order valence-corrected chi connectivity index (χ2v) is 6.06. The molecule has 2 amide bonds. The lowest BCUT2D eigenvalue weighted by Crippen LogP contribution is -2.32. The Kier molecular flexibility index (Phi) is 6.93. The third kappa shape index (κ3) is 5.85. The van der Waals surface area contributed by atoms with Crippen LogP contribution in [0.2, 0.25) is 0 Å². The van der Waals surface area contributed by atoms with E-state index in [2.05, 4.69) is 15.8 Å². The van der Waals surface area contributed by atoms with E-state index in [0.29, 0.717) is 22.7 Å². The number of ether oxygens (including phenoxy) is 2. The number of benzene rings is 2. The molecule has 27 heavy (non-hydrogen) atoms. The third-order valence-corrected chi connectivity index (χ3v) is 3.47. The average molecular weight is 369 g/mol. The lowest BCUT2D eigenvalue weighted by atomic mass is 10.2. The summed E-state index contributed by atoms with van der Waals surface area (Å²) in [5.41, 5.74) is 4.40. The Morgan fingerprint density at radius 3 is 2.41 bits per heavy atom. The van der Waals surface area contributed by atoms with Crippen molar-refractivity contribution in [2.75, 3.05) is 12.4 Å². The molecule has 0 spiro atoms. The topological polar surface area (TPSA) is 89.0 Å². The van der Waals surface area contributed by atoms with Gasteiger partial charge in [-0.1, -0.05) is 23.8 Å². The molecule has 7 heteroatoms. The Bertz CT molecular complexity index is 830. The van der Waals surface area contributed by atoms with E-state index in [1.807, 2.05) is 32.9 Å². The summed E-state index contributed by atoms with van der Waals surface area (Å²) in [5, 5.41) is 6.34. The summed E-state index contributed by atoms with van der Waals surface area (Å²) >= 11 is 0. The first-order valence-corrected chi connectivity index (χ1v) is 8.45. The maximum Gasteiger partial charge on any atom is 0.329 e. The second kappa shape index (κ2) is 9.38. The molecule has 0 saturated heterocycles. The monoisotopic (exact) mass is 369 g/mol. The zero-order valence-electron chi connectivity index (χ0n) is 15.8. The number of carbonyl (C=O) groups excluding carboxylic acids is 2. The molecule has 0 aliphatic rings. The summed E-state index contributed by atoms with van der Waals surface area (Å²) in [5.74, 6) is -0.616. The van der Waals surface area contributed by atoms with E-state index >= 15 is 0 Å². The SMILES string of the molecule is COc1cccc(/C=N\NC(=O)C(=O)Nc2ccc(C)cc2)c1OC(C)C. The van der Waals surface area contributed by atoms with Gasteiger partial charge in [-0.2, -0.15) is 5.10 Å². The first-order valence-electron chi connectivity index (χ1n) is 8.45. The van der Waals surface area contributed by atoms with Crippen molar-refractivity contribution in [3.8, 4) is 11.5 Å². The highest BCUT2D eigenvalue weighted by molar-refractivity contribution is 6.39. The van der Waals surface area contributed by atoms with Crippen molar-refractivity contribution in [2.45, 2.75) is 26.9 Å². The summed E-state index contributed by atoms with van der Waals surface area (Å²) in [4.78, 5) is 23.8. The van der Waals surface area contributed by atoms with Crippen LogP contribution in [0.5, 0.6) is 11.5 Å². The minimum Gasteiger partial charge on any atom is -0.493 e. The van der Waals surface area contributed by atoms with Crippen LogP contribution in [0, 0.1) is 6.92 Å². The van der Waals surface area contributed by atoms with Crippen LogP contribution in [0.1, 0.15) is 25.0 Å². The Labute approximate surface area is 158 Å². The quantitative estimate of drug-likeness (QED) is 0.465. The average Bonchev–Trinajstić information content (AvgIpc) is 2.64. The first-order chi connectivity index (χ1) is 12.9. The van der Waals surface area contributed by atoms with Gasteiger partial charge >= 0.3 is 11.8 Å². The highest BCUT2D eigenvalue weighted by atomic mass is 16.5. The molecular weight excluding hydrogens is 346 g/mol. The normalized spacial score (nSPS) is 10.7. The summed E-state index contributed by atoms with van der Waals surface area (Å²) < 4.78 is 11.0. The van der Waals surface area contributed by atoms with E-state index < -0.39 is 11.8 Å². The van der Waals surface area contributed by atoms with Crippen molar-refractivity contribution in [3.05, 3.63) is 53.6 Å². The van der Waals surface area contributed by atoms with Crippen molar-refractivity contribution in [2.24, 2.45) is 5.10 Å². The Morgan fingerprint density at radius 2 is 1.78 bits per heavy atom. The number of amides is 2. The van der Waals surface area contributed by atoms with Gasteiger partial charge in [-0.15, -0.1) is 0 Å². The number of nitrogens with one attached hydrogen (secondary N) is 2. The van der Waals surface area contributed by atoms with Crippen LogP contribution in [0.15, 0.2) is 47.6 Å². The number of para-hydroxylation sites is 1. The molecule has 0 radical (unpaired) electrons. The van der Waals surface area contributed by atoms with Crippen LogP contribution >= 0.6 is 0 Å². The number of anilines is 1. The van der Waals surface area contributed by atoms with E-state index in [0.717, 1.165) is 5.56 Å². The largest absolute Gasteiger partial charge is 0.493 e. The zero-order valence-corrected chi connectivity index (χ0v) is 15.8. The molecule has 0 atom stereocenters. The minimum absolute atomic E-state index is 0.0664. The molecule has 0 fully saturated rings. The number of hydrogen-bond donors (Lipinski definition) is 2. The molecule has 0 bridgehead atoms. The van der Waals surface area contributed by atoms with Crippen LogP contribution in [0.4, 0.5) is 5.69 Å². The first kappa shape index (κ1) is 20.0. The highest BCUT2D eigenvalue weighted by Gasteiger charge is 2.14. The third-order valence-electron chi connectivity index (χ3n) is 3.47. The summed E-state index contributed by atoms with van der Waals surface area (Å²) in [6, 6.07) is 12.4. The van der Waals surface area contributed by atoms with Gasteiger partial charge in [-0.05, 0) is 45.0 Å². The minimum atomic E-state index is -0.874. The fourth-order valence-corrected chi connectivity index (χ4v) is 2.19. The fraction of sp³-hybridized carbons (Fsp3) is 0.250. The second-order valence-electron chi connectivity index (χ2n) is 6.06. The van der Waals surface area contributed by atoms with Gasteiger partial charge in [0.15, 0.2) is 11.5 Å². The van der Waals surface area contributed by atoms with Gasteiger partial charge in [-0.3, -0.25) is 9.59 Å². The molecule has 142 valence electrons. The number of hydrazone groups is 1. The van der Waals surface area contributed by atoms with Gasteiger partial charge in [0.2, 0.25) is 0 Å². The van der Waals surface area contributed by atoms with Crippen LogP contribution in [-0.4, -0.2) is 31.2 Å². The predicted octanol–water partition coefficient (Wildman–Crippen LogP) is 2.88. The van der Waals surface area contributed by atoms with Gasteiger partial charge in [0, 0.05) is 11.3 Å². The van der Waals surface area contributed by atoms with Crippen molar-refractivity contribution in [3.63, 3.8) is 0 Å². The van der Waals surface area contributed by atoms with Gasteiger partial charge in [0.05, 0.1) is 19.4 Å². The molecule has 0 aliphatic carbocycles. The molecule has 0 saturated carbocycles.